The maximum absolute atomic E-state index is 12.6. The average Bonchev–Trinajstić information content (AvgIpc) is 2.53. The normalized spacial score (nSPS) is 10.1. The minimum absolute atomic E-state index is 0.0102. The summed E-state index contributed by atoms with van der Waals surface area (Å²) in [6.07, 6.45) is 0. The van der Waals surface area contributed by atoms with Crippen LogP contribution in [0, 0.1) is 0 Å². The van der Waals surface area contributed by atoms with Gasteiger partial charge in [-0.15, -0.1) is 0 Å². The molecule has 0 aromatic heterocycles. The van der Waals surface area contributed by atoms with Gasteiger partial charge in [-0.25, -0.2) is 0 Å². The van der Waals surface area contributed by atoms with Crippen LogP contribution in [0.2, 0.25) is 0 Å². The molecule has 116 valence electrons. The highest BCUT2D eigenvalue weighted by molar-refractivity contribution is 6.12. The first-order valence-electron chi connectivity index (χ1n) is 6.38. The fraction of sp³-hybridized carbons (Fsp3) is 0.188. The van der Waals surface area contributed by atoms with Crippen LogP contribution in [0.5, 0.6) is 28.7 Å². The van der Waals surface area contributed by atoms with Gasteiger partial charge >= 0.3 is 0 Å². The molecular weight excluding hydrogens is 288 g/mol. The summed E-state index contributed by atoms with van der Waals surface area (Å²) in [5, 5.41) is 19.7. The molecule has 0 radical (unpaired) electrons. The second-order valence-corrected chi connectivity index (χ2v) is 4.44. The van der Waals surface area contributed by atoms with Crippen LogP contribution in [0.3, 0.4) is 0 Å². The van der Waals surface area contributed by atoms with E-state index >= 15 is 0 Å². The average molecular weight is 304 g/mol. The zero-order valence-corrected chi connectivity index (χ0v) is 12.4. The first-order chi connectivity index (χ1) is 10.5. The first kappa shape index (κ1) is 15.5. The SMILES string of the molecule is COc1cc(O)c(C(=O)c2ccc(O)c(OC)c2)c(OC)c1. The summed E-state index contributed by atoms with van der Waals surface area (Å²) in [5.74, 6) is -0.0746. The Kier molecular flexibility index (Phi) is 4.41. The molecule has 0 unspecified atom stereocenters. The predicted molar refractivity (Wildman–Crippen MR) is 79.3 cm³/mol. The van der Waals surface area contributed by atoms with E-state index in [9.17, 15) is 15.0 Å². The van der Waals surface area contributed by atoms with Gasteiger partial charge in [0, 0.05) is 17.7 Å². The summed E-state index contributed by atoms with van der Waals surface area (Å²) in [7, 11) is 4.22. The summed E-state index contributed by atoms with van der Waals surface area (Å²) < 4.78 is 15.2. The van der Waals surface area contributed by atoms with Crippen molar-refractivity contribution in [1.82, 2.24) is 0 Å². The zero-order valence-electron chi connectivity index (χ0n) is 12.4. The van der Waals surface area contributed by atoms with Gasteiger partial charge in [0.25, 0.3) is 0 Å². The lowest BCUT2D eigenvalue weighted by Crippen LogP contribution is -2.05. The summed E-state index contributed by atoms with van der Waals surface area (Å²) in [5.41, 5.74) is 0.254. The van der Waals surface area contributed by atoms with Gasteiger partial charge in [-0.05, 0) is 18.2 Å². The Labute approximate surface area is 127 Å². The van der Waals surface area contributed by atoms with Crippen molar-refractivity contribution in [2.75, 3.05) is 21.3 Å². The molecule has 0 amide bonds. The highest BCUT2D eigenvalue weighted by Crippen LogP contribution is 2.36. The van der Waals surface area contributed by atoms with Crippen molar-refractivity contribution in [3.05, 3.63) is 41.5 Å². The molecule has 2 N–H and O–H groups in total. The first-order valence-corrected chi connectivity index (χ1v) is 6.38. The summed E-state index contributed by atoms with van der Waals surface area (Å²) in [6, 6.07) is 7.00. The number of carbonyl (C=O) groups excluding carboxylic acids is 1. The molecule has 0 aliphatic heterocycles. The maximum Gasteiger partial charge on any atom is 0.200 e. The molecule has 0 atom stereocenters. The van der Waals surface area contributed by atoms with E-state index in [1.54, 1.807) is 0 Å². The Morgan fingerprint density at radius 1 is 0.864 bits per heavy atom. The van der Waals surface area contributed by atoms with Gasteiger partial charge in [0.2, 0.25) is 5.78 Å². The molecule has 0 bridgehead atoms. The van der Waals surface area contributed by atoms with Crippen LogP contribution in [-0.4, -0.2) is 37.3 Å². The number of phenolic OH excluding ortho intramolecular Hbond substituents is 2. The monoisotopic (exact) mass is 304 g/mol. The minimum atomic E-state index is -0.463. The van der Waals surface area contributed by atoms with Crippen molar-refractivity contribution in [3.8, 4) is 28.7 Å². The molecule has 2 aromatic carbocycles. The molecule has 0 spiro atoms. The highest BCUT2D eigenvalue weighted by Gasteiger charge is 2.21. The van der Waals surface area contributed by atoms with Crippen LogP contribution in [0.1, 0.15) is 15.9 Å². The van der Waals surface area contributed by atoms with Crippen molar-refractivity contribution in [1.29, 1.82) is 0 Å². The van der Waals surface area contributed by atoms with E-state index in [1.807, 2.05) is 0 Å². The van der Waals surface area contributed by atoms with Crippen molar-refractivity contribution in [3.63, 3.8) is 0 Å². The molecule has 0 saturated carbocycles. The molecule has 0 aliphatic carbocycles. The molecule has 2 rings (SSSR count). The Bertz CT molecular complexity index is 708. The number of aromatic hydroxyl groups is 2. The van der Waals surface area contributed by atoms with E-state index in [-0.39, 0.29) is 34.1 Å². The van der Waals surface area contributed by atoms with Gasteiger partial charge in [-0.1, -0.05) is 0 Å². The van der Waals surface area contributed by atoms with Crippen LogP contribution in [0.25, 0.3) is 0 Å². The van der Waals surface area contributed by atoms with Crippen molar-refractivity contribution in [2.24, 2.45) is 0 Å². The summed E-state index contributed by atoms with van der Waals surface area (Å²) in [4.78, 5) is 12.6. The maximum atomic E-state index is 12.6. The van der Waals surface area contributed by atoms with Crippen molar-refractivity contribution < 1.29 is 29.2 Å². The number of hydrogen-bond donors (Lipinski definition) is 2. The van der Waals surface area contributed by atoms with Gasteiger partial charge in [-0.2, -0.15) is 0 Å². The van der Waals surface area contributed by atoms with Crippen molar-refractivity contribution in [2.45, 2.75) is 0 Å². The number of ketones is 1. The van der Waals surface area contributed by atoms with E-state index in [4.69, 9.17) is 14.2 Å². The number of ether oxygens (including phenoxy) is 3. The number of rotatable bonds is 5. The van der Waals surface area contributed by atoms with Crippen molar-refractivity contribution >= 4 is 5.78 Å². The molecular formula is C16H16O6. The third-order valence-corrected chi connectivity index (χ3v) is 3.18. The Hall–Kier alpha value is -2.89. The molecule has 2 aromatic rings. The summed E-state index contributed by atoms with van der Waals surface area (Å²) >= 11 is 0. The number of benzene rings is 2. The molecule has 6 nitrogen and oxygen atoms in total. The molecule has 6 heteroatoms. The number of methoxy groups -OCH3 is 3. The number of carbonyl (C=O) groups is 1. The lowest BCUT2D eigenvalue weighted by atomic mass is 10.0. The van der Waals surface area contributed by atoms with E-state index in [0.29, 0.717) is 5.75 Å². The number of phenols is 2. The van der Waals surface area contributed by atoms with E-state index in [1.165, 1.54) is 51.7 Å². The molecule has 0 saturated heterocycles. The van der Waals surface area contributed by atoms with E-state index in [2.05, 4.69) is 0 Å². The Balaban J connectivity index is 2.54. The van der Waals surface area contributed by atoms with Crippen LogP contribution < -0.4 is 14.2 Å². The zero-order chi connectivity index (χ0) is 16.3. The fourth-order valence-electron chi connectivity index (χ4n) is 2.05. The lowest BCUT2D eigenvalue weighted by Gasteiger charge is -2.12. The Morgan fingerprint density at radius 3 is 2.14 bits per heavy atom. The molecule has 0 aliphatic rings. The van der Waals surface area contributed by atoms with Crippen LogP contribution >= 0.6 is 0 Å². The largest absolute Gasteiger partial charge is 0.507 e. The van der Waals surface area contributed by atoms with E-state index < -0.39 is 5.78 Å². The quantitative estimate of drug-likeness (QED) is 0.825. The molecule has 0 heterocycles. The fourth-order valence-corrected chi connectivity index (χ4v) is 2.05. The standard InChI is InChI=1S/C16H16O6/c1-20-10-7-12(18)15(14(8-10)22-3)16(19)9-4-5-11(17)13(6-9)21-2/h4-8,17-18H,1-3H3. The molecule has 0 fully saturated rings. The van der Waals surface area contributed by atoms with Gasteiger partial charge in [0.1, 0.15) is 22.8 Å². The second-order valence-electron chi connectivity index (χ2n) is 4.44. The van der Waals surface area contributed by atoms with Gasteiger partial charge in [0.05, 0.1) is 21.3 Å². The van der Waals surface area contributed by atoms with Gasteiger partial charge in [-0.3, -0.25) is 4.79 Å². The third-order valence-electron chi connectivity index (χ3n) is 3.18. The smallest absolute Gasteiger partial charge is 0.200 e. The number of hydrogen-bond acceptors (Lipinski definition) is 6. The van der Waals surface area contributed by atoms with Crippen LogP contribution in [0.15, 0.2) is 30.3 Å². The topological polar surface area (TPSA) is 85.2 Å². The predicted octanol–water partition coefficient (Wildman–Crippen LogP) is 2.35. The van der Waals surface area contributed by atoms with Crippen LogP contribution in [0.4, 0.5) is 0 Å². The lowest BCUT2D eigenvalue weighted by molar-refractivity contribution is 0.103. The Morgan fingerprint density at radius 2 is 1.55 bits per heavy atom. The third kappa shape index (κ3) is 2.76. The second kappa shape index (κ2) is 6.26. The van der Waals surface area contributed by atoms with Gasteiger partial charge < -0.3 is 24.4 Å². The summed E-state index contributed by atoms with van der Waals surface area (Å²) in [6.45, 7) is 0. The highest BCUT2D eigenvalue weighted by atomic mass is 16.5. The molecule has 22 heavy (non-hydrogen) atoms. The van der Waals surface area contributed by atoms with Crippen LogP contribution in [-0.2, 0) is 0 Å². The van der Waals surface area contributed by atoms with E-state index in [0.717, 1.165) is 0 Å². The minimum Gasteiger partial charge on any atom is -0.507 e. The van der Waals surface area contributed by atoms with Gasteiger partial charge in [0.15, 0.2) is 11.5 Å².